The number of nitrogens with zero attached hydrogens (tertiary/aromatic N) is 4. The number of hydrogen-bond donors (Lipinski definition) is 2. The monoisotopic (exact) mass is 488 g/mol. The van der Waals surface area contributed by atoms with Crippen LogP contribution in [0, 0.1) is 0 Å². The molecule has 0 fully saturated rings. The Morgan fingerprint density at radius 2 is 1.66 bits per heavy atom. The van der Waals surface area contributed by atoms with Crippen LogP contribution in [0.1, 0.15) is 40.5 Å². The number of hydrogen-bond acceptors (Lipinski definition) is 7. The minimum absolute atomic E-state index is 0.109. The fraction of sp³-hybridized carbons (Fsp3) is 0.167. The number of benzene rings is 2. The number of fused-ring (bicyclic) bond motifs is 2. The standard InChI is InChI=1S/C24H20N6O4S/c1-14(31)25-16-10-8-15(9-11-16)19-13-35-24-27-23(28-30(19)24)26-20(32)7-4-12-29-21(33)17-5-2-3-6-18(17)22(29)34/h2-3,5-6,8-11,13H,4,7,12H2,1H3,(H,25,31)(H,26,28,32). The number of amides is 4. The summed E-state index contributed by atoms with van der Waals surface area (Å²) in [5.74, 6) is -0.935. The van der Waals surface area contributed by atoms with Gasteiger partial charge in [0.15, 0.2) is 0 Å². The van der Waals surface area contributed by atoms with E-state index in [-0.39, 0.29) is 42.5 Å². The highest BCUT2D eigenvalue weighted by Crippen LogP contribution is 2.27. The van der Waals surface area contributed by atoms with Gasteiger partial charge in [-0.1, -0.05) is 24.3 Å². The van der Waals surface area contributed by atoms with Crippen molar-refractivity contribution in [2.45, 2.75) is 19.8 Å². The molecule has 2 N–H and O–H groups in total. The number of anilines is 2. The van der Waals surface area contributed by atoms with Gasteiger partial charge in [0.05, 0.1) is 16.8 Å². The van der Waals surface area contributed by atoms with Crippen LogP contribution in [0.15, 0.2) is 53.9 Å². The molecule has 5 rings (SSSR count). The first kappa shape index (κ1) is 22.4. The lowest BCUT2D eigenvalue weighted by Crippen LogP contribution is -2.31. The quantitative estimate of drug-likeness (QED) is 0.384. The number of imide groups is 1. The summed E-state index contributed by atoms with van der Waals surface area (Å²) in [4.78, 5) is 54.6. The summed E-state index contributed by atoms with van der Waals surface area (Å²) in [5.41, 5.74) is 3.17. The average Bonchev–Trinajstić information content (AvgIpc) is 3.47. The van der Waals surface area contributed by atoms with E-state index in [2.05, 4.69) is 20.7 Å². The summed E-state index contributed by atoms with van der Waals surface area (Å²) in [7, 11) is 0. The van der Waals surface area contributed by atoms with Crippen LogP contribution in [-0.2, 0) is 9.59 Å². The normalized spacial score (nSPS) is 12.8. The molecule has 176 valence electrons. The van der Waals surface area contributed by atoms with Crippen LogP contribution in [0.25, 0.3) is 16.2 Å². The van der Waals surface area contributed by atoms with Gasteiger partial charge < -0.3 is 5.32 Å². The van der Waals surface area contributed by atoms with E-state index in [1.165, 1.54) is 23.2 Å². The predicted octanol–water partition coefficient (Wildman–Crippen LogP) is 3.43. The Bertz CT molecular complexity index is 1440. The Labute approximate surface area is 203 Å². The van der Waals surface area contributed by atoms with E-state index in [4.69, 9.17) is 0 Å². The molecule has 0 radical (unpaired) electrons. The molecule has 10 nitrogen and oxygen atoms in total. The topological polar surface area (TPSA) is 126 Å². The molecule has 11 heteroatoms. The first-order valence-corrected chi connectivity index (χ1v) is 11.8. The molecule has 1 aliphatic heterocycles. The molecule has 0 bridgehead atoms. The van der Waals surface area contributed by atoms with Crippen LogP contribution < -0.4 is 10.6 Å². The Morgan fingerprint density at radius 3 is 2.31 bits per heavy atom. The highest BCUT2D eigenvalue weighted by molar-refractivity contribution is 7.15. The second-order valence-corrected chi connectivity index (χ2v) is 8.81. The van der Waals surface area contributed by atoms with Gasteiger partial charge in [-0.05, 0) is 30.7 Å². The van der Waals surface area contributed by atoms with Crippen molar-refractivity contribution in [1.29, 1.82) is 0 Å². The van der Waals surface area contributed by atoms with Gasteiger partial charge in [0.1, 0.15) is 0 Å². The van der Waals surface area contributed by atoms with Gasteiger partial charge in [0.25, 0.3) is 11.8 Å². The average molecular weight is 489 g/mol. The molecule has 3 heterocycles. The predicted molar refractivity (Wildman–Crippen MR) is 130 cm³/mol. The van der Waals surface area contributed by atoms with Crippen LogP contribution in [0.4, 0.5) is 11.6 Å². The van der Waals surface area contributed by atoms with Gasteiger partial charge in [0, 0.05) is 36.5 Å². The number of carbonyl (C=O) groups excluding carboxylic acids is 4. The Morgan fingerprint density at radius 1 is 0.971 bits per heavy atom. The minimum Gasteiger partial charge on any atom is -0.326 e. The van der Waals surface area contributed by atoms with Crippen molar-refractivity contribution in [3.8, 4) is 11.3 Å². The van der Waals surface area contributed by atoms with Crippen molar-refractivity contribution in [1.82, 2.24) is 19.5 Å². The molecule has 0 atom stereocenters. The zero-order valence-electron chi connectivity index (χ0n) is 18.6. The number of carbonyl (C=O) groups is 4. The van der Waals surface area contributed by atoms with E-state index < -0.39 is 0 Å². The number of thiazole rings is 1. The zero-order chi connectivity index (χ0) is 24.5. The molecular formula is C24H20N6O4S. The van der Waals surface area contributed by atoms with Gasteiger partial charge in [-0.15, -0.1) is 16.4 Å². The smallest absolute Gasteiger partial charge is 0.261 e. The third kappa shape index (κ3) is 4.41. The molecule has 4 amide bonds. The number of nitrogens with one attached hydrogen (secondary N) is 2. The summed E-state index contributed by atoms with van der Waals surface area (Å²) >= 11 is 1.39. The van der Waals surface area contributed by atoms with Crippen LogP contribution in [0.2, 0.25) is 0 Å². The molecule has 0 saturated carbocycles. The second kappa shape index (κ2) is 9.11. The van der Waals surface area contributed by atoms with Gasteiger partial charge in [-0.2, -0.15) is 4.98 Å². The van der Waals surface area contributed by atoms with Gasteiger partial charge >= 0.3 is 0 Å². The molecule has 0 saturated heterocycles. The first-order chi connectivity index (χ1) is 16.9. The van der Waals surface area contributed by atoms with Crippen molar-refractivity contribution in [3.05, 3.63) is 65.0 Å². The van der Waals surface area contributed by atoms with E-state index in [0.29, 0.717) is 28.2 Å². The van der Waals surface area contributed by atoms with Gasteiger partial charge in [-0.3, -0.25) is 29.4 Å². The number of rotatable bonds is 7. The highest BCUT2D eigenvalue weighted by Gasteiger charge is 2.34. The molecule has 0 unspecified atom stereocenters. The molecule has 4 aromatic rings. The van der Waals surface area contributed by atoms with Crippen molar-refractivity contribution in [2.24, 2.45) is 0 Å². The van der Waals surface area contributed by atoms with Gasteiger partial charge in [0.2, 0.25) is 22.7 Å². The molecule has 2 aromatic heterocycles. The third-order valence-electron chi connectivity index (χ3n) is 5.50. The van der Waals surface area contributed by atoms with E-state index >= 15 is 0 Å². The van der Waals surface area contributed by atoms with Crippen molar-refractivity contribution < 1.29 is 19.2 Å². The van der Waals surface area contributed by atoms with E-state index in [0.717, 1.165) is 11.3 Å². The molecular weight excluding hydrogens is 468 g/mol. The lowest BCUT2D eigenvalue weighted by atomic mass is 10.1. The maximum atomic E-state index is 12.4. The van der Waals surface area contributed by atoms with E-state index in [9.17, 15) is 19.2 Å². The molecule has 0 spiro atoms. The first-order valence-electron chi connectivity index (χ1n) is 10.9. The third-order valence-corrected chi connectivity index (χ3v) is 6.31. The maximum absolute atomic E-state index is 12.4. The van der Waals surface area contributed by atoms with E-state index in [1.807, 2.05) is 17.5 Å². The summed E-state index contributed by atoms with van der Waals surface area (Å²) in [5, 5.41) is 11.7. The number of aromatic nitrogens is 3. The highest BCUT2D eigenvalue weighted by atomic mass is 32.1. The minimum atomic E-state index is -0.334. The van der Waals surface area contributed by atoms with Gasteiger partial charge in [-0.25, -0.2) is 4.52 Å². The van der Waals surface area contributed by atoms with Crippen molar-refractivity contribution in [2.75, 3.05) is 17.2 Å². The lowest BCUT2D eigenvalue weighted by Gasteiger charge is -2.13. The van der Waals surface area contributed by atoms with Crippen LogP contribution >= 0.6 is 11.3 Å². The summed E-state index contributed by atoms with van der Waals surface area (Å²) in [6.45, 7) is 1.61. The Hall–Kier alpha value is -4.38. The molecule has 35 heavy (non-hydrogen) atoms. The second-order valence-electron chi connectivity index (χ2n) is 7.97. The maximum Gasteiger partial charge on any atom is 0.261 e. The Balaban J connectivity index is 1.19. The molecule has 2 aromatic carbocycles. The SMILES string of the molecule is CC(=O)Nc1ccc(-c2csc3nc(NC(=O)CCCN4C(=O)c5ccccc5C4=O)nn23)cc1. The largest absolute Gasteiger partial charge is 0.326 e. The zero-order valence-corrected chi connectivity index (χ0v) is 19.5. The fourth-order valence-electron chi connectivity index (χ4n) is 3.89. The molecule has 1 aliphatic rings. The van der Waals surface area contributed by atoms with Crippen LogP contribution in [0.5, 0.6) is 0 Å². The van der Waals surface area contributed by atoms with E-state index in [1.54, 1.807) is 40.9 Å². The fourth-order valence-corrected chi connectivity index (χ4v) is 4.72. The van der Waals surface area contributed by atoms with Crippen molar-refractivity contribution >= 4 is 51.6 Å². The summed E-state index contributed by atoms with van der Waals surface area (Å²) in [6, 6.07) is 14.0. The van der Waals surface area contributed by atoms with Crippen LogP contribution in [0.3, 0.4) is 0 Å². The lowest BCUT2D eigenvalue weighted by molar-refractivity contribution is -0.116. The van der Waals surface area contributed by atoms with Crippen molar-refractivity contribution in [3.63, 3.8) is 0 Å². The molecule has 0 aliphatic carbocycles. The summed E-state index contributed by atoms with van der Waals surface area (Å²) in [6.07, 6.45) is 0.434. The summed E-state index contributed by atoms with van der Waals surface area (Å²) < 4.78 is 1.65. The Kier molecular flexibility index (Phi) is 5.83. The van der Waals surface area contributed by atoms with Crippen LogP contribution in [-0.4, -0.2) is 49.7 Å².